The van der Waals surface area contributed by atoms with Crippen LogP contribution in [0.15, 0.2) is 22.8 Å². The molecule has 4 heteroatoms. The summed E-state index contributed by atoms with van der Waals surface area (Å²) in [5.74, 6) is 0.788. The number of fused-ring (bicyclic) bond motifs is 1. The fraction of sp³-hybridized carbons (Fsp3) is 0.222. The topological polar surface area (TPSA) is 26.5 Å². The van der Waals surface area contributed by atoms with Gasteiger partial charge in [0.05, 0.1) is 7.11 Å². The van der Waals surface area contributed by atoms with Gasteiger partial charge in [0, 0.05) is 10.7 Å². The molecule has 0 aliphatic carbocycles. The minimum Gasteiger partial charge on any atom is -0.481 e. The van der Waals surface area contributed by atoms with Crippen molar-refractivity contribution in [2.24, 2.45) is 0 Å². The van der Waals surface area contributed by atoms with Crippen LogP contribution in [-0.2, 0) is 0 Å². The van der Waals surface area contributed by atoms with Crippen molar-refractivity contribution in [3.05, 3.63) is 28.5 Å². The lowest BCUT2D eigenvalue weighted by Crippen LogP contribution is -1.90. The SMILES string of the molecule is COc1c(C)nc2ccc(Br)cn12. The second-order valence-electron chi connectivity index (χ2n) is 2.78. The van der Waals surface area contributed by atoms with Crippen molar-refractivity contribution in [1.82, 2.24) is 9.38 Å². The number of hydrogen-bond donors (Lipinski definition) is 0. The maximum absolute atomic E-state index is 5.23. The molecular weight excluding hydrogens is 232 g/mol. The molecule has 0 fully saturated rings. The molecule has 0 bridgehead atoms. The van der Waals surface area contributed by atoms with Crippen molar-refractivity contribution < 1.29 is 4.74 Å². The molecule has 3 nitrogen and oxygen atoms in total. The van der Waals surface area contributed by atoms with Gasteiger partial charge in [0.15, 0.2) is 0 Å². The summed E-state index contributed by atoms with van der Waals surface area (Å²) in [7, 11) is 1.65. The summed E-state index contributed by atoms with van der Waals surface area (Å²) < 4.78 is 8.16. The second-order valence-corrected chi connectivity index (χ2v) is 3.70. The first-order chi connectivity index (χ1) is 6.22. The molecule has 0 saturated carbocycles. The highest BCUT2D eigenvalue weighted by atomic mass is 79.9. The van der Waals surface area contributed by atoms with Gasteiger partial charge in [-0.1, -0.05) is 0 Å². The predicted octanol–water partition coefficient (Wildman–Crippen LogP) is 2.41. The molecule has 0 aliphatic heterocycles. The van der Waals surface area contributed by atoms with Crippen molar-refractivity contribution in [3.63, 3.8) is 0 Å². The third kappa shape index (κ3) is 1.31. The first-order valence-electron chi connectivity index (χ1n) is 3.90. The third-order valence-electron chi connectivity index (χ3n) is 1.89. The van der Waals surface area contributed by atoms with Crippen LogP contribution in [0, 0.1) is 6.92 Å². The minimum absolute atomic E-state index is 0.788. The highest BCUT2D eigenvalue weighted by Gasteiger charge is 2.07. The van der Waals surface area contributed by atoms with Crippen molar-refractivity contribution >= 4 is 21.6 Å². The molecule has 13 heavy (non-hydrogen) atoms. The average molecular weight is 241 g/mol. The number of nitrogens with zero attached hydrogens (tertiary/aromatic N) is 2. The molecule has 0 unspecified atom stereocenters. The second kappa shape index (κ2) is 3.03. The van der Waals surface area contributed by atoms with Crippen LogP contribution in [0.4, 0.5) is 0 Å². The van der Waals surface area contributed by atoms with E-state index in [2.05, 4.69) is 20.9 Å². The Balaban J connectivity index is 2.80. The zero-order valence-corrected chi connectivity index (χ0v) is 9.00. The maximum Gasteiger partial charge on any atom is 0.221 e. The van der Waals surface area contributed by atoms with E-state index in [1.165, 1.54) is 0 Å². The number of pyridine rings is 1. The van der Waals surface area contributed by atoms with Gasteiger partial charge in [-0.3, -0.25) is 4.40 Å². The number of ether oxygens (including phenoxy) is 1. The molecule has 68 valence electrons. The molecule has 0 N–H and O–H groups in total. The Hall–Kier alpha value is -1.03. The van der Waals surface area contributed by atoms with Crippen LogP contribution in [0.3, 0.4) is 0 Å². The number of hydrogen-bond acceptors (Lipinski definition) is 2. The van der Waals surface area contributed by atoms with E-state index >= 15 is 0 Å². The largest absolute Gasteiger partial charge is 0.481 e. The van der Waals surface area contributed by atoms with E-state index in [4.69, 9.17) is 4.74 Å². The van der Waals surface area contributed by atoms with Crippen molar-refractivity contribution in [2.75, 3.05) is 7.11 Å². The molecule has 0 amide bonds. The Morgan fingerprint density at radius 1 is 1.46 bits per heavy atom. The predicted molar refractivity (Wildman–Crippen MR) is 54.2 cm³/mol. The van der Waals surface area contributed by atoms with Gasteiger partial charge in [0.1, 0.15) is 11.3 Å². The molecule has 2 rings (SSSR count). The fourth-order valence-corrected chi connectivity index (χ4v) is 1.70. The van der Waals surface area contributed by atoms with E-state index in [-0.39, 0.29) is 0 Å². The fourth-order valence-electron chi connectivity index (χ4n) is 1.36. The van der Waals surface area contributed by atoms with Gasteiger partial charge in [-0.2, -0.15) is 0 Å². The van der Waals surface area contributed by atoms with E-state index in [9.17, 15) is 0 Å². The van der Waals surface area contributed by atoms with Crippen LogP contribution in [0.1, 0.15) is 5.69 Å². The van der Waals surface area contributed by atoms with Gasteiger partial charge in [-0.05, 0) is 35.0 Å². The van der Waals surface area contributed by atoms with Crippen LogP contribution in [0.5, 0.6) is 5.88 Å². The van der Waals surface area contributed by atoms with Crippen LogP contribution >= 0.6 is 15.9 Å². The molecule has 2 aromatic rings. The number of methoxy groups -OCH3 is 1. The Kier molecular flexibility index (Phi) is 2.00. The first kappa shape index (κ1) is 8.56. The quantitative estimate of drug-likeness (QED) is 0.766. The molecule has 0 saturated heterocycles. The molecule has 2 heterocycles. The van der Waals surface area contributed by atoms with E-state index < -0.39 is 0 Å². The summed E-state index contributed by atoms with van der Waals surface area (Å²) in [5, 5.41) is 0. The van der Waals surface area contributed by atoms with Crippen LogP contribution in [-0.4, -0.2) is 16.5 Å². The average Bonchev–Trinajstić information content (AvgIpc) is 2.40. The van der Waals surface area contributed by atoms with E-state index in [0.717, 1.165) is 21.7 Å². The molecule has 2 aromatic heterocycles. The van der Waals surface area contributed by atoms with E-state index in [1.54, 1.807) is 7.11 Å². The Morgan fingerprint density at radius 3 is 2.92 bits per heavy atom. The number of aromatic nitrogens is 2. The lowest BCUT2D eigenvalue weighted by atomic mass is 10.5. The highest BCUT2D eigenvalue weighted by molar-refractivity contribution is 9.10. The van der Waals surface area contributed by atoms with Gasteiger partial charge in [-0.25, -0.2) is 4.98 Å². The minimum atomic E-state index is 0.788. The number of aryl methyl sites for hydroxylation is 1. The smallest absolute Gasteiger partial charge is 0.221 e. The van der Waals surface area contributed by atoms with Crippen molar-refractivity contribution in [1.29, 1.82) is 0 Å². The Morgan fingerprint density at radius 2 is 2.23 bits per heavy atom. The lowest BCUT2D eigenvalue weighted by molar-refractivity contribution is 0.391. The molecule has 0 aromatic carbocycles. The van der Waals surface area contributed by atoms with E-state index in [1.807, 2.05) is 29.7 Å². The normalized spacial score (nSPS) is 10.7. The summed E-state index contributed by atoms with van der Waals surface area (Å²) in [6.07, 6.45) is 1.94. The zero-order valence-electron chi connectivity index (χ0n) is 7.41. The molecule has 0 aliphatic rings. The van der Waals surface area contributed by atoms with Gasteiger partial charge in [-0.15, -0.1) is 0 Å². The zero-order chi connectivity index (χ0) is 9.42. The van der Waals surface area contributed by atoms with Gasteiger partial charge in [0.25, 0.3) is 0 Å². The summed E-state index contributed by atoms with van der Waals surface area (Å²) >= 11 is 3.40. The van der Waals surface area contributed by atoms with Crippen LogP contribution in [0.2, 0.25) is 0 Å². The maximum atomic E-state index is 5.23. The number of halogens is 1. The number of rotatable bonds is 1. The summed E-state index contributed by atoms with van der Waals surface area (Å²) in [4.78, 5) is 4.34. The van der Waals surface area contributed by atoms with Gasteiger partial charge >= 0.3 is 0 Å². The van der Waals surface area contributed by atoms with Crippen molar-refractivity contribution in [3.8, 4) is 5.88 Å². The van der Waals surface area contributed by atoms with Crippen molar-refractivity contribution in [2.45, 2.75) is 6.92 Å². The van der Waals surface area contributed by atoms with Crippen LogP contribution in [0.25, 0.3) is 5.65 Å². The highest BCUT2D eigenvalue weighted by Crippen LogP contribution is 2.21. The van der Waals surface area contributed by atoms with E-state index in [0.29, 0.717) is 0 Å². The lowest BCUT2D eigenvalue weighted by Gasteiger charge is -2.00. The standard InChI is InChI=1S/C9H9BrN2O/c1-6-9(13-2)12-5-7(10)3-4-8(12)11-6/h3-5H,1-2H3. The monoisotopic (exact) mass is 240 g/mol. The summed E-state index contributed by atoms with van der Waals surface area (Å²) in [5.41, 5.74) is 1.80. The molecule has 0 atom stereocenters. The molecular formula is C9H9BrN2O. The first-order valence-corrected chi connectivity index (χ1v) is 4.70. The Labute approximate surface area is 84.5 Å². The van der Waals surface area contributed by atoms with Gasteiger partial charge in [0.2, 0.25) is 5.88 Å². The van der Waals surface area contributed by atoms with Gasteiger partial charge < -0.3 is 4.74 Å². The number of imidazole rings is 1. The molecule has 0 radical (unpaired) electrons. The summed E-state index contributed by atoms with van der Waals surface area (Å²) in [6, 6.07) is 3.90. The summed E-state index contributed by atoms with van der Waals surface area (Å²) in [6.45, 7) is 1.93. The Bertz CT molecular complexity index is 450. The van der Waals surface area contributed by atoms with Crippen LogP contribution < -0.4 is 4.74 Å². The molecule has 0 spiro atoms. The third-order valence-corrected chi connectivity index (χ3v) is 2.36.